The molecule has 3 nitrogen and oxygen atoms in total. The van der Waals surface area contributed by atoms with Gasteiger partial charge < -0.3 is 13.9 Å². The highest BCUT2D eigenvalue weighted by Crippen LogP contribution is 2.48. The van der Waals surface area contributed by atoms with Crippen molar-refractivity contribution in [3.8, 4) is 22.6 Å². The molecule has 1 aromatic heterocycles. The van der Waals surface area contributed by atoms with Gasteiger partial charge in [-0.3, -0.25) is 0 Å². The van der Waals surface area contributed by atoms with E-state index in [0.717, 1.165) is 85.2 Å². The van der Waals surface area contributed by atoms with E-state index in [4.69, 9.17) is 4.74 Å². The van der Waals surface area contributed by atoms with Gasteiger partial charge in [0.15, 0.2) is 14.3 Å². The second-order valence-electron chi connectivity index (χ2n) is 19.5. The van der Waals surface area contributed by atoms with Crippen LogP contribution in [0.5, 0.6) is 11.5 Å². The minimum Gasteiger partial charge on any atom is -0.456 e. The summed E-state index contributed by atoms with van der Waals surface area (Å²) >= 11 is 1.70. The van der Waals surface area contributed by atoms with E-state index in [2.05, 4.69) is 200 Å². The second-order valence-corrected chi connectivity index (χ2v) is 30.5. The summed E-state index contributed by atoms with van der Waals surface area (Å²) in [6.45, 7) is 0. The molecule has 12 aromatic carbocycles. The van der Waals surface area contributed by atoms with Crippen LogP contribution in [0.25, 0.3) is 31.3 Å². The molecule has 0 fully saturated rings. The second kappa shape index (κ2) is 22.6. The van der Waals surface area contributed by atoms with E-state index >= 15 is 9.13 Å². The van der Waals surface area contributed by atoms with Gasteiger partial charge >= 0.3 is 0 Å². The number of fused-ring (bicyclic) bond motifs is 3. The minimum atomic E-state index is -3.47. The highest BCUT2D eigenvalue weighted by molar-refractivity contribution is 7.86. The Kier molecular flexibility index (Phi) is 14.5. The van der Waals surface area contributed by atoms with Crippen molar-refractivity contribution in [2.45, 2.75) is 0 Å². The fraction of sp³-hybridized carbons (Fsp3) is 0. The van der Waals surface area contributed by atoms with Crippen LogP contribution in [0.3, 0.4) is 0 Å². The lowest BCUT2D eigenvalue weighted by Crippen LogP contribution is -2.25. The number of benzene rings is 12. The number of para-hydroxylation sites is 2. The van der Waals surface area contributed by atoms with Crippen LogP contribution in [0.15, 0.2) is 315 Å². The van der Waals surface area contributed by atoms with Gasteiger partial charge in [-0.25, -0.2) is 0 Å². The molecule has 0 spiro atoms. The Balaban J connectivity index is 0.867. The van der Waals surface area contributed by atoms with Crippen molar-refractivity contribution < 1.29 is 13.9 Å². The maximum absolute atomic E-state index is 16.5. The fourth-order valence-corrected chi connectivity index (χ4v) is 22.0. The molecule has 384 valence electrons. The topological polar surface area (TPSA) is 43.4 Å². The summed E-state index contributed by atoms with van der Waals surface area (Å²) in [5, 5.41) is 13.8. The first-order chi connectivity index (χ1) is 39.4. The van der Waals surface area contributed by atoms with Crippen LogP contribution in [0.2, 0.25) is 0 Å². The summed E-state index contributed by atoms with van der Waals surface area (Å²) in [6, 6.07) is 109. The normalized spacial score (nSPS) is 12.8. The third kappa shape index (κ3) is 9.84. The largest absolute Gasteiger partial charge is 0.456 e. The summed E-state index contributed by atoms with van der Waals surface area (Å²) in [5.74, 6) is 1.67. The van der Waals surface area contributed by atoms with Gasteiger partial charge in [-0.05, 0) is 103 Å². The Bertz CT molecular complexity index is 4300. The van der Waals surface area contributed by atoms with Gasteiger partial charge in [0.05, 0.1) is 0 Å². The van der Waals surface area contributed by atoms with Gasteiger partial charge in [0, 0.05) is 62.6 Å². The third-order valence-corrected chi connectivity index (χ3v) is 26.9. The molecule has 80 heavy (non-hydrogen) atoms. The zero-order valence-electron chi connectivity index (χ0n) is 43.4. The smallest absolute Gasteiger partial charge is 0.171 e. The van der Waals surface area contributed by atoms with E-state index in [1.807, 2.05) is 115 Å². The summed E-state index contributed by atoms with van der Waals surface area (Å²) in [7, 11) is -8.70. The van der Waals surface area contributed by atoms with Crippen molar-refractivity contribution in [2.75, 3.05) is 0 Å². The van der Waals surface area contributed by atoms with E-state index in [0.29, 0.717) is 0 Å². The lowest BCUT2D eigenvalue weighted by Gasteiger charge is -2.25. The molecule has 0 amide bonds. The van der Waals surface area contributed by atoms with E-state index in [9.17, 15) is 0 Å². The number of ether oxygens (including phenoxy) is 1. The van der Waals surface area contributed by atoms with E-state index < -0.39 is 30.1 Å². The lowest BCUT2D eigenvalue weighted by molar-refractivity contribution is 0.490. The standard InChI is InChI=1S/C72H52O3P4S/c73-78(59-31-13-4-14-32-59,60-33-15-5-16-34-60)63-46-48-71-65(51-63)66-52-64(47-49-72(66)80-71)79(74,61-35-17-6-18-36-61)62-37-23-24-54(50-62)53-42-44-58(45-43-53)77(57-29-11-3-12-30-57)70-41-22-20-39-68(70)75-67-38-19-21-40-69(67)76(55-25-7-1-8-26-55)56-27-9-2-10-28-56/h1-52H. The van der Waals surface area contributed by atoms with Crippen molar-refractivity contribution in [1.82, 2.24) is 0 Å². The first kappa shape index (κ1) is 51.4. The van der Waals surface area contributed by atoms with Gasteiger partial charge in [-0.15, -0.1) is 11.3 Å². The maximum Gasteiger partial charge on any atom is 0.171 e. The van der Waals surface area contributed by atoms with Crippen molar-refractivity contribution in [3.05, 3.63) is 315 Å². The Morgan fingerprint density at radius 2 is 0.613 bits per heavy atom. The summed E-state index contributed by atoms with van der Waals surface area (Å²) < 4.78 is 41.4. The summed E-state index contributed by atoms with van der Waals surface area (Å²) in [4.78, 5) is 0. The number of hydrogen-bond donors (Lipinski definition) is 0. The molecule has 0 saturated heterocycles. The van der Waals surface area contributed by atoms with E-state index in [1.165, 1.54) is 21.2 Å². The Labute approximate surface area is 474 Å². The Morgan fingerprint density at radius 3 is 1.04 bits per heavy atom. The monoisotopic (exact) mass is 1120 g/mol. The molecule has 0 aliphatic carbocycles. The van der Waals surface area contributed by atoms with Crippen LogP contribution < -0.4 is 68.4 Å². The molecular weight excluding hydrogens is 1070 g/mol. The molecule has 0 aliphatic rings. The average Bonchev–Trinajstić information content (AvgIpc) is 3.94. The molecule has 0 bridgehead atoms. The minimum absolute atomic E-state index is 0.747. The van der Waals surface area contributed by atoms with Gasteiger partial charge in [0.25, 0.3) is 0 Å². The molecule has 2 unspecified atom stereocenters. The number of rotatable bonds is 15. The molecule has 0 saturated carbocycles. The molecule has 13 rings (SSSR count). The summed E-state index contributed by atoms with van der Waals surface area (Å²) in [6.07, 6.45) is 0. The van der Waals surface area contributed by atoms with Crippen LogP contribution in [-0.2, 0) is 9.13 Å². The average molecular weight is 1120 g/mol. The molecule has 13 aromatic rings. The first-order valence-corrected chi connectivity index (χ1v) is 33.5. The zero-order chi connectivity index (χ0) is 53.9. The predicted molar refractivity (Wildman–Crippen MR) is 347 cm³/mol. The van der Waals surface area contributed by atoms with Crippen molar-refractivity contribution >= 4 is 125 Å². The molecule has 0 N–H and O–H groups in total. The molecule has 0 aliphatic heterocycles. The third-order valence-electron chi connectivity index (χ3n) is 14.7. The highest BCUT2D eigenvalue weighted by atomic mass is 32.1. The van der Waals surface area contributed by atoms with Crippen LogP contribution in [0, 0.1) is 0 Å². The van der Waals surface area contributed by atoms with Gasteiger partial charge in [-0.1, -0.05) is 261 Å². The maximum atomic E-state index is 16.5. The Morgan fingerprint density at radius 1 is 0.275 bits per heavy atom. The van der Waals surface area contributed by atoms with Gasteiger partial charge in [-0.2, -0.15) is 0 Å². The zero-order valence-corrected chi connectivity index (χ0v) is 47.8. The Hall–Kier alpha value is -8.02. The van der Waals surface area contributed by atoms with Crippen LogP contribution in [0.4, 0.5) is 0 Å². The molecule has 0 radical (unpaired) electrons. The fourth-order valence-electron chi connectivity index (χ4n) is 10.8. The predicted octanol–water partition coefficient (Wildman–Crippen LogP) is 14.3. The first-order valence-electron chi connectivity index (χ1n) is 26.6. The quantitative estimate of drug-likeness (QED) is 0.0961. The van der Waals surface area contributed by atoms with Crippen LogP contribution in [-0.4, -0.2) is 0 Å². The van der Waals surface area contributed by atoms with Crippen LogP contribution >= 0.6 is 41.5 Å². The molecule has 2 atom stereocenters. The van der Waals surface area contributed by atoms with Gasteiger partial charge in [0.1, 0.15) is 11.5 Å². The molecular formula is C72H52O3P4S. The van der Waals surface area contributed by atoms with Crippen molar-refractivity contribution in [2.24, 2.45) is 0 Å². The molecule has 8 heteroatoms. The molecule has 1 heterocycles. The SMILES string of the molecule is O=P(c1ccccc1)(c1ccccc1)c1ccc2sc3ccc(P(=O)(c4ccccc4)c4cccc(-c5ccc(P(c6ccccc6)c6ccccc6Oc6ccccc6P(c6ccccc6)c6ccccc6)cc5)c4)cc3c2c1. The highest BCUT2D eigenvalue weighted by Gasteiger charge is 2.33. The van der Waals surface area contributed by atoms with Gasteiger partial charge in [0.2, 0.25) is 0 Å². The van der Waals surface area contributed by atoms with Crippen molar-refractivity contribution in [1.29, 1.82) is 0 Å². The van der Waals surface area contributed by atoms with Crippen molar-refractivity contribution in [3.63, 3.8) is 0 Å². The van der Waals surface area contributed by atoms with E-state index in [1.54, 1.807) is 11.3 Å². The van der Waals surface area contributed by atoms with E-state index in [-0.39, 0.29) is 0 Å². The lowest BCUT2D eigenvalue weighted by atomic mass is 10.1. The number of hydrogen-bond acceptors (Lipinski definition) is 4. The summed E-state index contributed by atoms with van der Waals surface area (Å²) in [5.41, 5.74) is 2.01. The number of thiophene rings is 1. The van der Waals surface area contributed by atoms with Crippen LogP contribution in [0.1, 0.15) is 0 Å².